The van der Waals surface area contributed by atoms with E-state index in [1.807, 2.05) is 6.07 Å². The van der Waals surface area contributed by atoms with Gasteiger partial charge in [0.1, 0.15) is 0 Å². The zero-order valence-corrected chi connectivity index (χ0v) is 11.3. The average Bonchev–Trinajstić information content (AvgIpc) is 2.30. The zero-order valence-electron chi connectivity index (χ0n) is 8.89. The van der Waals surface area contributed by atoms with Crippen molar-refractivity contribution in [1.29, 1.82) is 0 Å². The molecule has 1 aliphatic heterocycles. The number of nitrogens with one attached hydrogen (secondary N) is 1. The normalized spacial score (nSPS) is 19.5. The second-order valence-corrected chi connectivity index (χ2v) is 4.40. The lowest BCUT2D eigenvalue weighted by atomic mass is 10.1. The minimum Gasteiger partial charge on any atom is -0.378 e. The van der Waals surface area contributed by atoms with Crippen molar-refractivity contribution < 1.29 is 9.66 Å². The maximum absolute atomic E-state index is 10.8. The molecule has 0 radical (unpaired) electrons. The van der Waals surface area contributed by atoms with Crippen molar-refractivity contribution in [1.82, 2.24) is 5.32 Å². The van der Waals surface area contributed by atoms with Gasteiger partial charge in [-0.1, -0.05) is 6.07 Å². The number of benzene rings is 1. The summed E-state index contributed by atoms with van der Waals surface area (Å²) < 4.78 is 5.82. The van der Waals surface area contributed by atoms with Crippen molar-refractivity contribution in [3.8, 4) is 0 Å². The molecule has 1 atom stereocenters. The van der Waals surface area contributed by atoms with Crippen molar-refractivity contribution in [2.75, 3.05) is 19.8 Å². The molecule has 0 amide bonds. The van der Waals surface area contributed by atoms with Crippen LogP contribution in [0.3, 0.4) is 0 Å². The molecule has 0 aliphatic carbocycles. The third-order valence-corrected chi connectivity index (χ3v) is 3.16. The fourth-order valence-corrected chi connectivity index (χ4v) is 2.06. The molecule has 1 saturated heterocycles. The molecule has 1 aliphatic rings. The van der Waals surface area contributed by atoms with Gasteiger partial charge in [-0.05, 0) is 27.6 Å². The van der Waals surface area contributed by atoms with Crippen LogP contribution in [-0.4, -0.2) is 24.7 Å². The van der Waals surface area contributed by atoms with Gasteiger partial charge in [-0.3, -0.25) is 10.1 Å². The highest BCUT2D eigenvalue weighted by Gasteiger charge is 2.19. The second kappa shape index (κ2) is 6.30. The fraction of sp³-hybridized carbons (Fsp3) is 0.400. The molecule has 1 N–H and O–H groups in total. The van der Waals surface area contributed by atoms with E-state index in [4.69, 9.17) is 4.74 Å². The summed E-state index contributed by atoms with van der Waals surface area (Å²) in [4.78, 5) is 10.4. The first kappa shape index (κ1) is 14.4. The maximum Gasteiger partial charge on any atom is 0.283 e. The van der Waals surface area contributed by atoms with Gasteiger partial charge in [-0.2, -0.15) is 0 Å². The molecule has 0 unspecified atom stereocenters. The molecule has 0 bridgehead atoms. The summed E-state index contributed by atoms with van der Waals surface area (Å²) in [6.07, 6.45) is 0. The smallest absolute Gasteiger partial charge is 0.283 e. The van der Waals surface area contributed by atoms with Crippen LogP contribution in [0.2, 0.25) is 0 Å². The van der Waals surface area contributed by atoms with Crippen molar-refractivity contribution >= 4 is 34.0 Å². The molecule has 1 heterocycles. The van der Waals surface area contributed by atoms with Gasteiger partial charge >= 0.3 is 0 Å². The van der Waals surface area contributed by atoms with Crippen molar-refractivity contribution in [2.24, 2.45) is 0 Å². The summed E-state index contributed by atoms with van der Waals surface area (Å²) in [5.74, 6) is 0. The van der Waals surface area contributed by atoms with E-state index in [0.29, 0.717) is 17.7 Å². The lowest BCUT2D eigenvalue weighted by Gasteiger charge is -2.24. The zero-order chi connectivity index (χ0) is 11.5. The SMILES string of the molecule is Cl.O=[N+]([O-])c1cc([C@H]2COCCN2)ccc1Br. The molecule has 0 saturated carbocycles. The summed E-state index contributed by atoms with van der Waals surface area (Å²) in [5.41, 5.74) is 0.972. The van der Waals surface area contributed by atoms with Crippen LogP contribution in [0.1, 0.15) is 11.6 Å². The van der Waals surface area contributed by atoms with Crippen LogP contribution in [0.15, 0.2) is 22.7 Å². The Bertz CT molecular complexity index is 411. The van der Waals surface area contributed by atoms with Crippen LogP contribution in [0.25, 0.3) is 0 Å². The molecule has 94 valence electrons. The molecule has 17 heavy (non-hydrogen) atoms. The maximum atomic E-state index is 10.8. The Balaban J connectivity index is 0.00000144. The van der Waals surface area contributed by atoms with Gasteiger partial charge in [-0.15, -0.1) is 12.4 Å². The number of rotatable bonds is 2. The number of morpholine rings is 1. The highest BCUT2D eigenvalue weighted by Crippen LogP contribution is 2.28. The predicted molar refractivity (Wildman–Crippen MR) is 69.6 cm³/mol. The summed E-state index contributed by atoms with van der Waals surface area (Å²) in [6.45, 7) is 2.02. The lowest BCUT2D eigenvalue weighted by molar-refractivity contribution is -0.385. The minimum absolute atomic E-state index is 0. The van der Waals surface area contributed by atoms with E-state index < -0.39 is 4.92 Å². The minimum atomic E-state index is -0.392. The van der Waals surface area contributed by atoms with Gasteiger partial charge in [0.15, 0.2) is 0 Å². The molecule has 1 aromatic carbocycles. The number of halogens is 2. The Kier molecular flexibility index (Phi) is 5.32. The summed E-state index contributed by atoms with van der Waals surface area (Å²) >= 11 is 3.16. The number of ether oxygens (including phenoxy) is 1. The fourth-order valence-electron chi connectivity index (χ4n) is 1.67. The largest absolute Gasteiger partial charge is 0.378 e. The van der Waals surface area contributed by atoms with Crippen LogP contribution in [0.4, 0.5) is 5.69 Å². The van der Waals surface area contributed by atoms with Gasteiger partial charge in [0.05, 0.1) is 28.7 Å². The van der Waals surface area contributed by atoms with Crippen LogP contribution in [0.5, 0.6) is 0 Å². The molecular weight excluding hydrogens is 311 g/mol. The van der Waals surface area contributed by atoms with Gasteiger partial charge in [-0.25, -0.2) is 0 Å². The van der Waals surface area contributed by atoms with Crippen LogP contribution >= 0.6 is 28.3 Å². The highest BCUT2D eigenvalue weighted by atomic mass is 79.9. The Morgan fingerprint density at radius 2 is 2.29 bits per heavy atom. The monoisotopic (exact) mass is 322 g/mol. The van der Waals surface area contributed by atoms with Crippen LogP contribution in [0, 0.1) is 10.1 Å². The van der Waals surface area contributed by atoms with Gasteiger partial charge in [0, 0.05) is 12.6 Å². The van der Waals surface area contributed by atoms with Gasteiger partial charge in [0.2, 0.25) is 0 Å². The van der Waals surface area contributed by atoms with E-state index in [1.165, 1.54) is 0 Å². The topological polar surface area (TPSA) is 64.4 Å². The number of hydrogen-bond acceptors (Lipinski definition) is 4. The van der Waals surface area contributed by atoms with E-state index in [-0.39, 0.29) is 24.1 Å². The first-order valence-corrected chi connectivity index (χ1v) is 5.73. The molecular formula is C10H12BrClN2O3. The van der Waals surface area contributed by atoms with Gasteiger partial charge < -0.3 is 10.1 Å². The Morgan fingerprint density at radius 3 is 2.88 bits per heavy atom. The van der Waals surface area contributed by atoms with Crippen molar-refractivity contribution in [3.05, 3.63) is 38.3 Å². The number of nitrogens with zero attached hydrogens (tertiary/aromatic N) is 1. The summed E-state index contributed by atoms with van der Waals surface area (Å²) in [5, 5.41) is 14.0. The molecule has 1 aromatic rings. The molecule has 0 aromatic heterocycles. The summed E-state index contributed by atoms with van der Waals surface area (Å²) in [7, 11) is 0. The van der Waals surface area contributed by atoms with E-state index in [2.05, 4.69) is 21.2 Å². The third kappa shape index (κ3) is 3.38. The lowest BCUT2D eigenvalue weighted by Crippen LogP contribution is -2.34. The van der Waals surface area contributed by atoms with E-state index >= 15 is 0 Å². The average molecular weight is 324 g/mol. The number of nitro benzene ring substituents is 1. The van der Waals surface area contributed by atoms with Gasteiger partial charge in [0.25, 0.3) is 5.69 Å². The Morgan fingerprint density at radius 1 is 1.53 bits per heavy atom. The van der Waals surface area contributed by atoms with Crippen molar-refractivity contribution in [3.63, 3.8) is 0 Å². The Labute approximate surface area is 113 Å². The molecule has 7 heteroatoms. The first-order chi connectivity index (χ1) is 7.68. The molecule has 0 spiro atoms. The summed E-state index contributed by atoms with van der Waals surface area (Å²) in [6, 6.07) is 5.18. The second-order valence-electron chi connectivity index (χ2n) is 3.55. The standard InChI is InChI=1S/C10H11BrN2O3.ClH/c11-8-2-1-7(5-10(8)13(14)15)9-6-16-4-3-12-9;/h1-2,5,9,12H,3-4,6H2;1H/t9-;/m1./s1. The van der Waals surface area contributed by atoms with E-state index in [0.717, 1.165) is 12.1 Å². The first-order valence-electron chi connectivity index (χ1n) is 4.93. The van der Waals surface area contributed by atoms with Crippen molar-refractivity contribution in [2.45, 2.75) is 6.04 Å². The molecule has 1 fully saturated rings. The van der Waals surface area contributed by atoms with E-state index in [1.54, 1.807) is 12.1 Å². The predicted octanol–water partition coefficient (Wildman–Crippen LogP) is 2.44. The van der Waals surface area contributed by atoms with Crippen LogP contribution in [-0.2, 0) is 4.74 Å². The van der Waals surface area contributed by atoms with E-state index in [9.17, 15) is 10.1 Å². The molecule has 5 nitrogen and oxygen atoms in total. The highest BCUT2D eigenvalue weighted by molar-refractivity contribution is 9.10. The quantitative estimate of drug-likeness (QED) is 0.670. The molecule has 2 rings (SSSR count). The number of hydrogen-bond donors (Lipinski definition) is 1. The third-order valence-electron chi connectivity index (χ3n) is 2.49. The Hall–Kier alpha value is -0.690. The number of nitro groups is 1. The van der Waals surface area contributed by atoms with Crippen LogP contribution < -0.4 is 5.32 Å².